The Bertz CT molecular complexity index is 1450. The molecule has 0 saturated carbocycles. The molecule has 3 aromatic carbocycles. The molecule has 1 heterocycles. The predicted molar refractivity (Wildman–Crippen MR) is 142 cm³/mol. The minimum absolute atomic E-state index is 0.00707. The third-order valence-electron chi connectivity index (χ3n) is 5.85. The van der Waals surface area contributed by atoms with Crippen molar-refractivity contribution in [1.82, 2.24) is 15.3 Å². The fourth-order valence-corrected chi connectivity index (χ4v) is 4.12. The van der Waals surface area contributed by atoms with Crippen molar-refractivity contribution in [2.24, 2.45) is 5.10 Å². The van der Waals surface area contributed by atoms with E-state index in [1.807, 2.05) is 79.0 Å². The van der Waals surface area contributed by atoms with Crippen LogP contribution in [0.1, 0.15) is 41.6 Å². The third kappa shape index (κ3) is 6.41. The van der Waals surface area contributed by atoms with Gasteiger partial charge in [-0.3, -0.25) is 4.79 Å². The number of nitriles is 1. The van der Waals surface area contributed by atoms with Gasteiger partial charge in [0.25, 0.3) is 0 Å². The summed E-state index contributed by atoms with van der Waals surface area (Å²) in [5, 5.41) is 17.3. The van der Waals surface area contributed by atoms with Crippen molar-refractivity contribution in [3.05, 3.63) is 107 Å². The summed E-state index contributed by atoms with van der Waals surface area (Å²) in [5.41, 5.74) is 6.72. The van der Waals surface area contributed by atoms with Crippen LogP contribution in [-0.4, -0.2) is 29.4 Å². The molecular formula is C29H27N5O3. The zero-order valence-corrected chi connectivity index (χ0v) is 20.4. The molecule has 2 amide bonds. The number of nitrogens with zero attached hydrogens (tertiary/aromatic N) is 3. The third-order valence-corrected chi connectivity index (χ3v) is 5.85. The molecule has 1 aromatic heterocycles. The molecular weight excluding hydrogens is 466 g/mol. The van der Waals surface area contributed by atoms with Crippen LogP contribution in [-0.2, 0) is 16.1 Å². The molecule has 0 bridgehead atoms. The van der Waals surface area contributed by atoms with Gasteiger partial charge in [-0.25, -0.2) is 10.2 Å². The fourth-order valence-electron chi connectivity index (χ4n) is 4.12. The van der Waals surface area contributed by atoms with E-state index in [2.05, 4.69) is 26.5 Å². The maximum atomic E-state index is 12.7. The lowest BCUT2D eigenvalue weighted by atomic mass is 10.0. The standard InChI is InChI=1S/C29H27N5O3/c1-2-37-29(36)32-26(21-10-4-3-5-11-21)16-28(35)33-31-18-24-20-34(27-15-9-8-14-25(24)27)19-23-13-7-6-12-22(23)17-30/h3-15,18,20,26H,2,16,19H2,1H3,(H,32,36)(H,33,35)/b31-18-/t26-/m1/s1. The van der Waals surface area contributed by atoms with E-state index in [1.165, 1.54) is 0 Å². The van der Waals surface area contributed by atoms with Gasteiger partial charge in [0.15, 0.2) is 0 Å². The Morgan fingerprint density at radius 1 is 1.05 bits per heavy atom. The number of benzene rings is 3. The minimum atomic E-state index is -0.585. The fraction of sp³-hybridized carbons (Fsp3) is 0.172. The second-order valence-electron chi connectivity index (χ2n) is 8.32. The SMILES string of the molecule is CCOC(=O)N[C@H](CC(=O)N/N=C\c1cn(Cc2ccccc2C#N)c2ccccc12)c1ccccc1. The Balaban J connectivity index is 1.48. The topological polar surface area (TPSA) is 109 Å². The number of carbonyl (C=O) groups is 2. The van der Waals surface area contributed by atoms with Crippen LogP contribution < -0.4 is 10.7 Å². The number of rotatable bonds is 9. The van der Waals surface area contributed by atoms with Gasteiger partial charge in [-0.2, -0.15) is 10.4 Å². The van der Waals surface area contributed by atoms with Crippen molar-refractivity contribution < 1.29 is 14.3 Å². The number of fused-ring (bicyclic) bond motifs is 1. The van der Waals surface area contributed by atoms with E-state index in [9.17, 15) is 14.9 Å². The van der Waals surface area contributed by atoms with Crippen LogP contribution in [0.2, 0.25) is 0 Å². The van der Waals surface area contributed by atoms with Gasteiger partial charge in [-0.05, 0) is 30.2 Å². The lowest BCUT2D eigenvalue weighted by Gasteiger charge is -2.18. The normalized spacial score (nSPS) is 11.7. The first-order valence-electron chi connectivity index (χ1n) is 11.9. The Hall–Kier alpha value is -4.90. The summed E-state index contributed by atoms with van der Waals surface area (Å²) in [6.45, 7) is 2.49. The van der Waals surface area contributed by atoms with Gasteiger partial charge in [-0.1, -0.05) is 66.7 Å². The first-order valence-corrected chi connectivity index (χ1v) is 11.9. The highest BCUT2D eigenvalue weighted by Gasteiger charge is 2.19. The van der Waals surface area contributed by atoms with Crippen molar-refractivity contribution in [3.63, 3.8) is 0 Å². The predicted octanol–water partition coefficient (Wildman–Crippen LogP) is 4.89. The molecule has 0 spiro atoms. The highest BCUT2D eigenvalue weighted by atomic mass is 16.5. The maximum Gasteiger partial charge on any atom is 0.407 e. The van der Waals surface area contributed by atoms with E-state index in [1.54, 1.807) is 19.2 Å². The average molecular weight is 494 g/mol. The van der Waals surface area contributed by atoms with E-state index in [-0.39, 0.29) is 18.9 Å². The van der Waals surface area contributed by atoms with Crippen LogP contribution in [0.3, 0.4) is 0 Å². The number of ether oxygens (including phenoxy) is 1. The van der Waals surface area contributed by atoms with E-state index in [4.69, 9.17) is 4.74 Å². The Kier molecular flexibility index (Phi) is 8.29. The van der Waals surface area contributed by atoms with Crippen molar-refractivity contribution in [2.75, 3.05) is 6.61 Å². The number of nitrogens with one attached hydrogen (secondary N) is 2. The molecule has 2 N–H and O–H groups in total. The molecule has 0 fully saturated rings. The first-order chi connectivity index (χ1) is 18.1. The number of amides is 2. The number of para-hydroxylation sites is 1. The first kappa shape index (κ1) is 25.2. The Labute approximate surface area is 215 Å². The van der Waals surface area contributed by atoms with Gasteiger partial charge >= 0.3 is 6.09 Å². The molecule has 0 aliphatic heterocycles. The summed E-state index contributed by atoms with van der Waals surface area (Å²) >= 11 is 0. The summed E-state index contributed by atoms with van der Waals surface area (Å²) in [5.74, 6) is -0.353. The molecule has 0 radical (unpaired) electrons. The number of hydrogen-bond donors (Lipinski definition) is 2. The van der Waals surface area contributed by atoms with Crippen LogP contribution in [0.5, 0.6) is 0 Å². The van der Waals surface area contributed by atoms with Gasteiger partial charge in [0.2, 0.25) is 5.91 Å². The molecule has 186 valence electrons. The molecule has 1 atom stereocenters. The molecule has 0 aliphatic carbocycles. The van der Waals surface area contributed by atoms with Gasteiger partial charge in [-0.15, -0.1) is 0 Å². The lowest BCUT2D eigenvalue weighted by Crippen LogP contribution is -2.33. The molecule has 4 aromatic rings. The van der Waals surface area contributed by atoms with Gasteiger partial charge in [0.05, 0.1) is 36.9 Å². The quantitative estimate of drug-likeness (QED) is 0.256. The van der Waals surface area contributed by atoms with E-state index < -0.39 is 12.1 Å². The van der Waals surface area contributed by atoms with Crippen LogP contribution in [0.4, 0.5) is 4.79 Å². The van der Waals surface area contributed by atoms with E-state index >= 15 is 0 Å². The minimum Gasteiger partial charge on any atom is -0.450 e. The molecule has 0 saturated heterocycles. The zero-order chi connectivity index (χ0) is 26.0. The largest absolute Gasteiger partial charge is 0.450 e. The summed E-state index contributed by atoms with van der Waals surface area (Å²) in [6, 6.07) is 26.3. The van der Waals surface area contributed by atoms with Crippen LogP contribution in [0.25, 0.3) is 10.9 Å². The summed E-state index contributed by atoms with van der Waals surface area (Å²) in [6.07, 6.45) is 2.96. The maximum absolute atomic E-state index is 12.7. The summed E-state index contributed by atoms with van der Waals surface area (Å²) < 4.78 is 7.04. The number of carbonyl (C=O) groups excluding carboxylic acids is 2. The van der Waals surface area contributed by atoms with E-state index in [0.29, 0.717) is 12.1 Å². The van der Waals surface area contributed by atoms with Gasteiger partial charge < -0.3 is 14.6 Å². The summed E-state index contributed by atoms with van der Waals surface area (Å²) in [7, 11) is 0. The molecule has 8 heteroatoms. The van der Waals surface area contributed by atoms with Gasteiger partial charge in [0, 0.05) is 29.2 Å². The van der Waals surface area contributed by atoms with Crippen molar-refractivity contribution in [1.29, 1.82) is 5.26 Å². The smallest absolute Gasteiger partial charge is 0.407 e. The zero-order valence-electron chi connectivity index (χ0n) is 20.4. The molecule has 0 unspecified atom stereocenters. The lowest BCUT2D eigenvalue weighted by molar-refractivity contribution is -0.121. The number of hydrazone groups is 1. The van der Waals surface area contributed by atoms with Crippen molar-refractivity contribution >= 4 is 29.1 Å². The average Bonchev–Trinajstić information content (AvgIpc) is 3.26. The van der Waals surface area contributed by atoms with Crippen LogP contribution >= 0.6 is 0 Å². The molecule has 4 rings (SSSR count). The number of hydrogen-bond acceptors (Lipinski definition) is 5. The molecule has 37 heavy (non-hydrogen) atoms. The number of alkyl carbamates (subject to hydrolysis) is 1. The Morgan fingerprint density at radius 3 is 2.57 bits per heavy atom. The van der Waals surface area contributed by atoms with E-state index in [0.717, 1.165) is 27.6 Å². The molecule has 0 aliphatic rings. The second kappa shape index (κ2) is 12.2. The molecule has 8 nitrogen and oxygen atoms in total. The Morgan fingerprint density at radius 2 is 1.78 bits per heavy atom. The van der Waals surface area contributed by atoms with Gasteiger partial charge in [0.1, 0.15) is 0 Å². The van der Waals surface area contributed by atoms with Crippen molar-refractivity contribution in [3.8, 4) is 6.07 Å². The highest BCUT2D eigenvalue weighted by Crippen LogP contribution is 2.22. The second-order valence-corrected chi connectivity index (χ2v) is 8.32. The van der Waals surface area contributed by atoms with Crippen LogP contribution in [0.15, 0.2) is 90.2 Å². The monoisotopic (exact) mass is 493 g/mol. The van der Waals surface area contributed by atoms with Crippen LogP contribution in [0, 0.1) is 11.3 Å². The highest BCUT2D eigenvalue weighted by molar-refractivity contribution is 5.99. The number of aromatic nitrogens is 1. The van der Waals surface area contributed by atoms with Crippen molar-refractivity contribution in [2.45, 2.75) is 25.9 Å². The summed E-state index contributed by atoms with van der Waals surface area (Å²) in [4.78, 5) is 24.7.